The maximum absolute atomic E-state index is 12.7. The minimum absolute atomic E-state index is 0.193. The van der Waals surface area contributed by atoms with Crippen LogP contribution in [-0.4, -0.2) is 24.3 Å². The first kappa shape index (κ1) is 20.3. The van der Waals surface area contributed by atoms with Crippen LogP contribution < -0.4 is 16.0 Å². The van der Waals surface area contributed by atoms with Crippen LogP contribution in [0.1, 0.15) is 15.9 Å². The van der Waals surface area contributed by atoms with Gasteiger partial charge in [-0.05, 0) is 30.3 Å². The molecule has 0 spiro atoms. The summed E-state index contributed by atoms with van der Waals surface area (Å²) in [6, 6.07) is 22.2. The first-order valence-corrected chi connectivity index (χ1v) is 9.61. The molecule has 146 valence electrons. The lowest BCUT2D eigenvalue weighted by Crippen LogP contribution is -2.36. The van der Waals surface area contributed by atoms with Gasteiger partial charge in [-0.15, -0.1) is 0 Å². The highest BCUT2D eigenvalue weighted by atomic mass is 79.9. The van der Waals surface area contributed by atoms with Crippen molar-refractivity contribution in [3.8, 4) is 0 Å². The maximum atomic E-state index is 12.7. The molecule has 0 aliphatic heterocycles. The van der Waals surface area contributed by atoms with Crippen LogP contribution in [0.15, 0.2) is 83.3 Å². The normalized spacial score (nSPS) is 10.1. The van der Waals surface area contributed by atoms with E-state index in [9.17, 15) is 14.4 Å². The first-order chi connectivity index (χ1) is 14.0. The van der Waals surface area contributed by atoms with Crippen molar-refractivity contribution < 1.29 is 14.4 Å². The molecule has 29 heavy (non-hydrogen) atoms. The molecule has 0 bridgehead atoms. The minimum Gasteiger partial charge on any atom is -0.329 e. The monoisotopic (exact) mass is 451 g/mol. The van der Waals surface area contributed by atoms with Gasteiger partial charge in [0.15, 0.2) is 5.78 Å². The summed E-state index contributed by atoms with van der Waals surface area (Å²) in [5.74, 6) is -0.635. The number of amides is 3. The van der Waals surface area contributed by atoms with Crippen LogP contribution >= 0.6 is 15.9 Å². The zero-order chi connectivity index (χ0) is 20.6. The van der Waals surface area contributed by atoms with E-state index in [4.69, 9.17) is 0 Å². The van der Waals surface area contributed by atoms with E-state index in [1.54, 1.807) is 66.7 Å². The third-order valence-corrected chi connectivity index (χ3v) is 4.47. The standard InChI is InChI=1S/C22H18BrN3O3/c23-16-9-6-10-17(13-16)25-22(29)24-14-20(27)26-19-12-5-4-11-18(19)21(28)15-7-2-1-3-8-15/h1-13H,14H2,(H,26,27)(H2,24,25,29). The molecule has 3 N–H and O–H groups in total. The molecule has 0 atom stereocenters. The van der Waals surface area contributed by atoms with Gasteiger partial charge in [0.2, 0.25) is 5.91 Å². The molecule has 3 amide bonds. The van der Waals surface area contributed by atoms with E-state index >= 15 is 0 Å². The number of urea groups is 1. The molecule has 0 unspecified atom stereocenters. The summed E-state index contributed by atoms with van der Waals surface area (Å²) in [4.78, 5) is 36.9. The molecular formula is C22H18BrN3O3. The van der Waals surface area contributed by atoms with E-state index in [0.29, 0.717) is 22.5 Å². The number of carbonyl (C=O) groups is 3. The highest BCUT2D eigenvalue weighted by Gasteiger charge is 2.15. The second kappa shape index (κ2) is 9.66. The second-order valence-corrected chi connectivity index (χ2v) is 7.02. The van der Waals surface area contributed by atoms with Crippen molar-refractivity contribution >= 4 is 45.0 Å². The van der Waals surface area contributed by atoms with Gasteiger partial charge < -0.3 is 16.0 Å². The summed E-state index contributed by atoms with van der Waals surface area (Å²) in [5, 5.41) is 7.81. The van der Waals surface area contributed by atoms with E-state index < -0.39 is 11.9 Å². The fourth-order valence-corrected chi connectivity index (χ4v) is 3.03. The van der Waals surface area contributed by atoms with Gasteiger partial charge in [0.1, 0.15) is 0 Å². The fourth-order valence-electron chi connectivity index (χ4n) is 2.63. The summed E-state index contributed by atoms with van der Waals surface area (Å²) < 4.78 is 0.827. The molecule has 0 fully saturated rings. The van der Waals surface area contributed by atoms with Crippen molar-refractivity contribution in [2.24, 2.45) is 0 Å². The molecule has 0 aliphatic carbocycles. The Morgan fingerprint density at radius 3 is 2.28 bits per heavy atom. The van der Waals surface area contributed by atoms with E-state index in [0.717, 1.165) is 4.47 Å². The molecule has 3 rings (SSSR count). The fraction of sp³-hybridized carbons (Fsp3) is 0.0455. The molecule has 0 aromatic heterocycles. The number of anilines is 2. The van der Waals surface area contributed by atoms with Crippen LogP contribution in [0.4, 0.5) is 16.2 Å². The Kier molecular flexibility index (Phi) is 6.76. The van der Waals surface area contributed by atoms with Crippen molar-refractivity contribution in [2.75, 3.05) is 17.2 Å². The second-order valence-electron chi connectivity index (χ2n) is 6.11. The molecule has 0 aliphatic rings. The molecule has 6 nitrogen and oxygen atoms in total. The SMILES string of the molecule is O=C(CNC(=O)Nc1cccc(Br)c1)Nc1ccccc1C(=O)c1ccccc1. The number of hydrogen-bond acceptors (Lipinski definition) is 3. The predicted octanol–water partition coefficient (Wildman–Crippen LogP) is 4.44. The molecule has 3 aromatic rings. The Hall–Kier alpha value is -3.45. The molecule has 0 saturated carbocycles. The third kappa shape index (κ3) is 5.76. The smallest absolute Gasteiger partial charge is 0.319 e. The van der Waals surface area contributed by atoms with Crippen LogP contribution in [0, 0.1) is 0 Å². The van der Waals surface area contributed by atoms with Gasteiger partial charge >= 0.3 is 6.03 Å². The van der Waals surface area contributed by atoms with E-state index in [1.165, 1.54) is 0 Å². The number of hydrogen-bond donors (Lipinski definition) is 3. The lowest BCUT2D eigenvalue weighted by atomic mass is 10.0. The number of halogens is 1. The van der Waals surface area contributed by atoms with Crippen LogP contribution in [0.25, 0.3) is 0 Å². The molecule has 0 radical (unpaired) electrons. The van der Waals surface area contributed by atoms with Gasteiger partial charge in [-0.3, -0.25) is 9.59 Å². The number of nitrogens with one attached hydrogen (secondary N) is 3. The third-order valence-electron chi connectivity index (χ3n) is 3.97. The molecule has 0 heterocycles. The van der Waals surface area contributed by atoms with E-state index in [-0.39, 0.29) is 12.3 Å². The average Bonchev–Trinajstić information content (AvgIpc) is 2.73. The van der Waals surface area contributed by atoms with E-state index in [1.807, 2.05) is 12.1 Å². The highest BCUT2D eigenvalue weighted by Crippen LogP contribution is 2.19. The Labute approximate surface area is 176 Å². The summed E-state index contributed by atoms with van der Waals surface area (Å²) in [6.07, 6.45) is 0. The van der Waals surface area contributed by atoms with Crippen LogP contribution in [0.3, 0.4) is 0 Å². The van der Waals surface area contributed by atoms with Crippen LogP contribution in [-0.2, 0) is 4.79 Å². The number of carbonyl (C=O) groups excluding carboxylic acids is 3. The zero-order valence-corrected chi connectivity index (χ0v) is 16.9. The van der Waals surface area contributed by atoms with Crippen molar-refractivity contribution in [1.29, 1.82) is 0 Å². The Morgan fingerprint density at radius 1 is 0.793 bits per heavy atom. The van der Waals surface area contributed by atoms with Crippen LogP contribution in [0.5, 0.6) is 0 Å². The first-order valence-electron chi connectivity index (χ1n) is 8.82. The van der Waals surface area contributed by atoms with Gasteiger partial charge in [-0.1, -0.05) is 64.5 Å². The number of para-hydroxylation sites is 1. The minimum atomic E-state index is -0.508. The average molecular weight is 452 g/mol. The lowest BCUT2D eigenvalue weighted by molar-refractivity contribution is -0.115. The Morgan fingerprint density at radius 2 is 1.52 bits per heavy atom. The molecule has 7 heteroatoms. The lowest BCUT2D eigenvalue weighted by Gasteiger charge is -2.11. The van der Waals surface area contributed by atoms with Gasteiger partial charge in [-0.25, -0.2) is 4.79 Å². The van der Waals surface area contributed by atoms with Gasteiger partial charge in [0.25, 0.3) is 0 Å². The Balaban J connectivity index is 1.60. The molecule has 0 saturated heterocycles. The molecular weight excluding hydrogens is 434 g/mol. The number of benzene rings is 3. The quantitative estimate of drug-likeness (QED) is 0.484. The molecule has 3 aromatic carbocycles. The van der Waals surface area contributed by atoms with Crippen molar-refractivity contribution in [3.05, 3.63) is 94.5 Å². The summed E-state index contributed by atoms with van der Waals surface area (Å²) in [7, 11) is 0. The van der Waals surface area contributed by atoms with Crippen molar-refractivity contribution in [3.63, 3.8) is 0 Å². The Bertz CT molecular complexity index is 1040. The van der Waals surface area contributed by atoms with Gasteiger partial charge in [0, 0.05) is 21.3 Å². The van der Waals surface area contributed by atoms with Crippen molar-refractivity contribution in [2.45, 2.75) is 0 Å². The van der Waals surface area contributed by atoms with E-state index in [2.05, 4.69) is 31.9 Å². The van der Waals surface area contributed by atoms with Gasteiger partial charge in [0.05, 0.1) is 12.2 Å². The van der Waals surface area contributed by atoms with Crippen LogP contribution in [0.2, 0.25) is 0 Å². The summed E-state index contributed by atoms with van der Waals surface area (Å²) >= 11 is 3.32. The summed E-state index contributed by atoms with van der Waals surface area (Å²) in [5.41, 5.74) is 1.89. The summed E-state index contributed by atoms with van der Waals surface area (Å²) in [6.45, 7) is -0.242. The maximum Gasteiger partial charge on any atom is 0.319 e. The highest BCUT2D eigenvalue weighted by molar-refractivity contribution is 9.10. The zero-order valence-electron chi connectivity index (χ0n) is 15.3. The van der Waals surface area contributed by atoms with Crippen molar-refractivity contribution in [1.82, 2.24) is 5.32 Å². The predicted molar refractivity (Wildman–Crippen MR) is 116 cm³/mol. The topological polar surface area (TPSA) is 87.3 Å². The largest absolute Gasteiger partial charge is 0.329 e. The number of rotatable bonds is 6. The number of ketones is 1. The van der Waals surface area contributed by atoms with Gasteiger partial charge in [-0.2, -0.15) is 0 Å².